The molecule has 0 radical (unpaired) electrons. The van der Waals surface area contributed by atoms with Gasteiger partial charge in [0.1, 0.15) is 0 Å². The molecule has 0 N–H and O–H groups in total. The summed E-state index contributed by atoms with van der Waals surface area (Å²) in [7, 11) is 1.49. The zero-order valence-electron chi connectivity index (χ0n) is 10.9. The number of benzene rings is 1. The van der Waals surface area contributed by atoms with Gasteiger partial charge in [0, 0.05) is 17.0 Å². The topological polar surface area (TPSA) is 78.7 Å². The molecule has 0 atom stereocenters. The Morgan fingerprint density at radius 3 is 2.81 bits per heavy atom. The van der Waals surface area contributed by atoms with Crippen molar-refractivity contribution in [1.29, 1.82) is 0 Å². The number of methoxy groups -OCH3 is 1. The molecule has 0 fully saturated rings. The van der Waals surface area contributed by atoms with E-state index in [2.05, 4.69) is 0 Å². The molecule has 0 aliphatic carbocycles. The predicted octanol–water partition coefficient (Wildman–Crippen LogP) is 3.28. The van der Waals surface area contributed by atoms with Crippen molar-refractivity contribution in [2.45, 2.75) is 0 Å². The first-order valence-corrected chi connectivity index (χ1v) is 6.77. The van der Waals surface area contributed by atoms with Crippen molar-refractivity contribution in [3.8, 4) is 11.5 Å². The van der Waals surface area contributed by atoms with E-state index >= 15 is 0 Å². The minimum atomic E-state index is -0.470. The number of ether oxygens (including phenoxy) is 2. The Bertz CT molecular complexity index is 777. The van der Waals surface area contributed by atoms with Crippen molar-refractivity contribution in [3.63, 3.8) is 0 Å². The number of hydrogen-bond acceptors (Lipinski definition) is 6. The van der Waals surface area contributed by atoms with Gasteiger partial charge in [0.2, 0.25) is 5.78 Å². The molecule has 0 amide bonds. The predicted molar refractivity (Wildman–Crippen MR) is 76.9 cm³/mol. The maximum absolute atomic E-state index is 12.2. The highest BCUT2D eigenvalue weighted by Crippen LogP contribution is 2.40. The summed E-state index contributed by atoms with van der Waals surface area (Å²) in [5.41, 5.74) is 0.423. The molecule has 2 aromatic rings. The second-order valence-corrected chi connectivity index (χ2v) is 5.30. The fourth-order valence-corrected chi connectivity index (χ4v) is 2.75. The Balaban J connectivity index is 1.96. The van der Waals surface area contributed by atoms with Crippen LogP contribution in [0.1, 0.15) is 15.2 Å². The number of ketones is 1. The van der Waals surface area contributed by atoms with E-state index in [9.17, 15) is 14.9 Å². The van der Waals surface area contributed by atoms with Crippen LogP contribution in [-0.4, -0.2) is 17.8 Å². The Labute approximate surface area is 123 Å². The summed E-state index contributed by atoms with van der Waals surface area (Å²) >= 11 is 0.980. The fraction of sp³-hybridized carbons (Fsp3) is 0.0714. The number of allylic oxidation sites excluding steroid dienone is 1. The first kappa shape index (κ1) is 13.3. The van der Waals surface area contributed by atoms with Gasteiger partial charge in [0.25, 0.3) is 0 Å². The molecule has 0 unspecified atom stereocenters. The second kappa shape index (κ2) is 5.02. The van der Waals surface area contributed by atoms with E-state index in [1.807, 2.05) is 0 Å². The number of carbonyl (C=O) groups is 1. The Morgan fingerprint density at radius 2 is 2.14 bits per heavy atom. The van der Waals surface area contributed by atoms with Gasteiger partial charge in [-0.1, -0.05) is 17.4 Å². The van der Waals surface area contributed by atoms with Gasteiger partial charge in [0.05, 0.1) is 17.6 Å². The monoisotopic (exact) mass is 303 g/mol. The molecule has 7 heteroatoms. The van der Waals surface area contributed by atoms with Crippen LogP contribution < -0.4 is 9.47 Å². The molecule has 0 saturated heterocycles. The minimum absolute atomic E-state index is 0.0161. The first-order chi connectivity index (χ1) is 10.1. The van der Waals surface area contributed by atoms with Crippen LogP contribution in [0.3, 0.4) is 0 Å². The Hall–Kier alpha value is -2.67. The van der Waals surface area contributed by atoms with Gasteiger partial charge in [-0.2, -0.15) is 0 Å². The highest BCUT2D eigenvalue weighted by Gasteiger charge is 2.30. The van der Waals surface area contributed by atoms with Gasteiger partial charge in [-0.3, -0.25) is 14.9 Å². The summed E-state index contributed by atoms with van der Waals surface area (Å²) in [5, 5.41) is 10.7. The lowest BCUT2D eigenvalue weighted by Crippen LogP contribution is -1.97. The van der Waals surface area contributed by atoms with E-state index < -0.39 is 4.92 Å². The Kier molecular flexibility index (Phi) is 3.19. The molecule has 1 aromatic heterocycles. The molecule has 21 heavy (non-hydrogen) atoms. The largest absolute Gasteiger partial charge is 0.493 e. The number of rotatable bonds is 3. The number of para-hydroxylation sites is 1. The van der Waals surface area contributed by atoms with Gasteiger partial charge >= 0.3 is 5.00 Å². The molecule has 2 heterocycles. The lowest BCUT2D eigenvalue weighted by Gasteiger charge is -2.04. The average molecular weight is 303 g/mol. The van der Waals surface area contributed by atoms with Gasteiger partial charge in [0.15, 0.2) is 17.3 Å². The van der Waals surface area contributed by atoms with Crippen molar-refractivity contribution in [1.82, 2.24) is 0 Å². The summed E-state index contributed by atoms with van der Waals surface area (Å²) in [5.74, 6) is 0.718. The van der Waals surface area contributed by atoms with Crippen LogP contribution in [0.25, 0.3) is 6.08 Å². The summed E-state index contributed by atoms with van der Waals surface area (Å²) in [6.07, 6.45) is 1.50. The lowest BCUT2D eigenvalue weighted by atomic mass is 10.1. The molecule has 0 saturated carbocycles. The van der Waals surface area contributed by atoms with Crippen LogP contribution in [0.5, 0.6) is 11.5 Å². The summed E-state index contributed by atoms with van der Waals surface area (Å²) in [6.45, 7) is 0. The summed E-state index contributed by atoms with van der Waals surface area (Å²) in [4.78, 5) is 23.0. The van der Waals surface area contributed by atoms with E-state index in [0.29, 0.717) is 21.9 Å². The molecular weight excluding hydrogens is 294 g/mol. The molecule has 106 valence electrons. The molecule has 0 spiro atoms. The third-order valence-corrected chi connectivity index (χ3v) is 3.93. The standard InChI is InChI=1S/C14H9NO5S/c1-19-10-4-2-3-9-13(16)11(20-14(9)10)7-8-5-6-12(21-8)15(17)18/h2-7H,1H3/b11-7-. The molecule has 0 bridgehead atoms. The molecular formula is C14H9NO5S. The van der Waals surface area contributed by atoms with E-state index in [0.717, 1.165) is 11.3 Å². The van der Waals surface area contributed by atoms with Crippen molar-refractivity contribution >= 4 is 28.2 Å². The van der Waals surface area contributed by atoms with Crippen LogP contribution in [0.15, 0.2) is 36.1 Å². The van der Waals surface area contributed by atoms with Gasteiger partial charge in [-0.25, -0.2) is 0 Å². The number of nitrogens with zero attached hydrogens (tertiary/aromatic N) is 1. The second-order valence-electron chi connectivity index (χ2n) is 4.21. The van der Waals surface area contributed by atoms with E-state index in [4.69, 9.17) is 9.47 Å². The third-order valence-electron chi connectivity index (χ3n) is 2.95. The van der Waals surface area contributed by atoms with Crippen LogP contribution in [0, 0.1) is 10.1 Å². The van der Waals surface area contributed by atoms with E-state index in [1.165, 1.54) is 19.3 Å². The number of Topliss-reactive ketones (excluding diaryl/α,β-unsaturated/α-hetero) is 1. The average Bonchev–Trinajstić information content (AvgIpc) is 3.06. The smallest absolute Gasteiger partial charge is 0.324 e. The highest BCUT2D eigenvalue weighted by atomic mass is 32.1. The van der Waals surface area contributed by atoms with Crippen LogP contribution in [-0.2, 0) is 0 Å². The third kappa shape index (κ3) is 2.27. The minimum Gasteiger partial charge on any atom is -0.493 e. The summed E-state index contributed by atoms with van der Waals surface area (Å²) < 4.78 is 10.7. The van der Waals surface area contributed by atoms with Crippen molar-refractivity contribution in [3.05, 3.63) is 56.6 Å². The molecule has 1 aromatic carbocycles. The number of fused-ring (bicyclic) bond motifs is 1. The zero-order valence-corrected chi connectivity index (χ0v) is 11.7. The lowest BCUT2D eigenvalue weighted by molar-refractivity contribution is -0.380. The SMILES string of the molecule is COc1cccc2c1O/C(=C\c1ccc([N+](=O)[O-])s1)C2=O. The van der Waals surface area contributed by atoms with Crippen molar-refractivity contribution in [2.24, 2.45) is 0 Å². The van der Waals surface area contributed by atoms with Gasteiger partial charge in [-0.05, 0) is 18.2 Å². The number of thiophene rings is 1. The Morgan fingerprint density at radius 1 is 1.33 bits per heavy atom. The van der Waals surface area contributed by atoms with Crippen molar-refractivity contribution in [2.75, 3.05) is 7.11 Å². The van der Waals surface area contributed by atoms with E-state index in [1.54, 1.807) is 24.3 Å². The van der Waals surface area contributed by atoms with Crippen LogP contribution >= 0.6 is 11.3 Å². The van der Waals surface area contributed by atoms with Crippen molar-refractivity contribution < 1.29 is 19.2 Å². The van der Waals surface area contributed by atoms with Crippen LogP contribution in [0.2, 0.25) is 0 Å². The maximum Gasteiger partial charge on any atom is 0.324 e. The van der Waals surface area contributed by atoms with Gasteiger partial charge < -0.3 is 9.47 Å². The first-order valence-electron chi connectivity index (χ1n) is 5.95. The molecule has 1 aliphatic heterocycles. The van der Waals surface area contributed by atoms with Gasteiger partial charge in [-0.15, -0.1) is 0 Å². The number of hydrogen-bond donors (Lipinski definition) is 0. The normalized spacial score (nSPS) is 14.9. The molecule has 1 aliphatic rings. The maximum atomic E-state index is 12.2. The highest BCUT2D eigenvalue weighted by molar-refractivity contribution is 7.16. The zero-order chi connectivity index (χ0) is 15.0. The van der Waals surface area contributed by atoms with Crippen LogP contribution in [0.4, 0.5) is 5.00 Å². The molecule has 3 rings (SSSR count). The fourth-order valence-electron chi connectivity index (χ4n) is 1.99. The number of nitro groups is 1. The summed E-state index contributed by atoms with van der Waals surface area (Å²) in [6, 6.07) is 8.03. The number of carbonyl (C=O) groups excluding carboxylic acids is 1. The van der Waals surface area contributed by atoms with E-state index in [-0.39, 0.29) is 16.5 Å². The quantitative estimate of drug-likeness (QED) is 0.494. The molecule has 6 nitrogen and oxygen atoms in total.